The normalized spacial score (nSPS) is 10.3. The molecule has 0 spiro atoms. The molecule has 23 heavy (non-hydrogen) atoms. The predicted octanol–water partition coefficient (Wildman–Crippen LogP) is 4.07. The molecular formula is C19H24N2OS. The van der Waals surface area contributed by atoms with Crippen LogP contribution in [0.15, 0.2) is 54.6 Å². The summed E-state index contributed by atoms with van der Waals surface area (Å²) in [7, 11) is 0. The van der Waals surface area contributed by atoms with Crippen LogP contribution in [0.2, 0.25) is 0 Å². The van der Waals surface area contributed by atoms with Crippen LogP contribution in [0, 0.1) is 0 Å². The minimum absolute atomic E-state index is 0.290. The Morgan fingerprint density at radius 1 is 1.04 bits per heavy atom. The number of hydrogen-bond acceptors (Lipinski definition) is 2. The average molecular weight is 328 g/mol. The predicted molar refractivity (Wildman–Crippen MR) is 99.3 cm³/mol. The second kappa shape index (κ2) is 9.16. The Balaban J connectivity index is 1.95. The SMILES string of the molecule is CCCCN(Cc1ccc(O)cc1)C(=S)NCc1ccccc1. The maximum Gasteiger partial charge on any atom is 0.169 e. The molecule has 2 aromatic rings. The van der Waals surface area contributed by atoms with Crippen LogP contribution in [0.1, 0.15) is 30.9 Å². The Bertz CT molecular complexity index is 599. The van der Waals surface area contributed by atoms with Crippen molar-refractivity contribution in [3.63, 3.8) is 0 Å². The van der Waals surface area contributed by atoms with Gasteiger partial charge in [0.2, 0.25) is 0 Å². The number of nitrogens with one attached hydrogen (secondary N) is 1. The first-order valence-electron chi connectivity index (χ1n) is 8.03. The summed E-state index contributed by atoms with van der Waals surface area (Å²) in [5.41, 5.74) is 2.36. The molecule has 0 atom stereocenters. The van der Waals surface area contributed by atoms with Gasteiger partial charge in [0.15, 0.2) is 5.11 Å². The van der Waals surface area contributed by atoms with Gasteiger partial charge in [0.1, 0.15) is 5.75 Å². The van der Waals surface area contributed by atoms with Crippen LogP contribution >= 0.6 is 12.2 Å². The van der Waals surface area contributed by atoms with Crippen LogP contribution in [0.4, 0.5) is 0 Å². The Morgan fingerprint density at radius 2 is 1.74 bits per heavy atom. The fraction of sp³-hybridized carbons (Fsp3) is 0.316. The monoisotopic (exact) mass is 328 g/mol. The van der Waals surface area contributed by atoms with Gasteiger partial charge in [-0.1, -0.05) is 55.8 Å². The quantitative estimate of drug-likeness (QED) is 0.751. The first kappa shape index (κ1) is 17.3. The highest BCUT2D eigenvalue weighted by molar-refractivity contribution is 7.80. The van der Waals surface area contributed by atoms with Gasteiger partial charge in [-0.15, -0.1) is 0 Å². The minimum Gasteiger partial charge on any atom is -0.508 e. The van der Waals surface area contributed by atoms with Crippen LogP contribution < -0.4 is 5.32 Å². The van der Waals surface area contributed by atoms with Crippen molar-refractivity contribution in [1.82, 2.24) is 10.2 Å². The molecule has 2 aromatic carbocycles. The summed E-state index contributed by atoms with van der Waals surface area (Å²) in [6.45, 7) is 4.59. The summed E-state index contributed by atoms with van der Waals surface area (Å²) in [6, 6.07) is 17.6. The molecule has 122 valence electrons. The molecule has 0 aliphatic carbocycles. The standard InChI is InChI=1S/C19H24N2OS/c1-2-3-13-21(15-17-9-11-18(22)12-10-17)19(23)20-14-16-7-5-4-6-8-16/h4-12,22H,2-3,13-15H2,1H3,(H,20,23). The zero-order valence-corrected chi connectivity index (χ0v) is 14.4. The second-order valence-electron chi connectivity index (χ2n) is 5.59. The van der Waals surface area contributed by atoms with E-state index in [9.17, 15) is 5.11 Å². The zero-order valence-electron chi connectivity index (χ0n) is 13.5. The third kappa shape index (κ3) is 5.91. The number of benzene rings is 2. The topological polar surface area (TPSA) is 35.5 Å². The van der Waals surface area contributed by atoms with Crippen molar-refractivity contribution in [1.29, 1.82) is 0 Å². The maximum absolute atomic E-state index is 9.40. The molecule has 2 rings (SSSR count). The maximum atomic E-state index is 9.40. The van der Waals surface area contributed by atoms with Gasteiger partial charge in [-0.05, 0) is 41.9 Å². The molecule has 0 heterocycles. The third-order valence-corrected chi connectivity index (χ3v) is 4.07. The lowest BCUT2D eigenvalue weighted by Gasteiger charge is -2.26. The van der Waals surface area contributed by atoms with Crippen molar-refractivity contribution < 1.29 is 5.11 Å². The number of nitrogens with zero attached hydrogens (tertiary/aromatic N) is 1. The molecule has 0 fully saturated rings. The summed E-state index contributed by atoms with van der Waals surface area (Å²) in [4.78, 5) is 2.19. The first-order valence-corrected chi connectivity index (χ1v) is 8.44. The Hall–Kier alpha value is -2.07. The van der Waals surface area contributed by atoms with Gasteiger partial charge < -0.3 is 15.3 Å². The molecule has 3 nitrogen and oxygen atoms in total. The fourth-order valence-electron chi connectivity index (χ4n) is 2.31. The molecule has 2 N–H and O–H groups in total. The molecule has 0 radical (unpaired) electrons. The van der Waals surface area contributed by atoms with Crippen molar-refractivity contribution in [3.05, 3.63) is 65.7 Å². The van der Waals surface area contributed by atoms with Crippen LogP contribution in [0.25, 0.3) is 0 Å². The van der Waals surface area contributed by atoms with Crippen molar-refractivity contribution in [2.75, 3.05) is 6.54 Å². The molecule has 0 aliphatic heterocycles. The Morgan fingerprint density at radius 3 is 2.39 bits per heavy atom. The molecule has 0 saturated carbocycles. The lowest BCUT2D eigenvalue weighted by molar-refractivity contribution is 0.394. The number of hydrogen-bond donors (Lipinski definition) is 2. The summed E-state index contributed by atoms with van der Waals surface area (Å²) in [5, 5.41) is 13.5. The van der Waals surface area contributed by atoms with Crippen LogP contribution in [0.3, 0.4) is 0 Å². The van der Waals surface area contributed by atoms with Gasteiger partial charge in [0.25, 0.3) is 0 Å². The van der Waals surface area contributed by atoms with Gasteiger partial charge in [-0.25, -0.2) is 0 Å². The lowest BCUT2D eigenvalue weighted by Crippen LogP contribution is -2.39. The molecule has 0 amide bonds. The van der Waals surface area contributed by atoms with E-state index in [1.54, 1.807) is 12.1 Å². The van der Waals surface area contributed by atoms with Gasteiger partial charge in [-0.2, -0.15) is 0 Å². The van der Waals surface area contributed by atoms with Crippen molar-refractivity contribution in [2.24, 2.45) is 0 Å². The molecule has 4 heteroatoms. The van der Waals surface area contributed by atoms with Gasteiger partial charge in [0, 0.05) is 19.6 Å². The zero-order chi connectivity index (χ0) is 16.5. The van der Waals surface area contributed by atoms with Crippen LogP contribution in [-0.2, 0) is 13.1 Å². The molecule has 0 saturated heterocycles. The highest BCUT2D eigenvalue weighted by Crippen LogP contribution is 2.12. The van der Waals surface area contributed by atoms with Gasteiger partial charge >= 0.3 is 0 Å². The minimum atomic E-state index is 0.290. The highest BCUT2D eigenvalue weighted by atomic mass is 32.1. The average Bonchev–Trinajstić information content (AvgIpc) is 2.59. The fourth-order valence-corrected chi connectivity index (χ4v) is 2.54. The van der Waals surface area contributed by atoms with E-state index in [1.807, 2.05) is 30.3 Å². The number of phenols is 1. The molecular weight excluding hydrogens is 304 g/mol. The summed E-state index contributed by atoms with van der Waals surface area (Å²) < 4.78 is 0. The van der Waals surface area contributed by atoms with Crippen molar-refractivity contribution in [3.8, 4) is 5.75 Å². The largest absolute Gasteiger partial charge is 0.508 e. The van der Waals surface area contributed by atoms with Gasteiger partial charge in [-0.3, -0.25) is 0 Å². The van der Waals surface area contributed by atoms with E-state index < -0.39 is 0 Å². The van der Waals surface area contributed by atoms with Gasteiger partial charge in [0.05, 0.1) is 0 Å². The van der Waals surface area contributed by atoms with Crippen LogP contribution in [0.5, 0.6) is 5.75 Å². The number of aromatic hydroxyl groups is 1. The van der Waals surface area contributed by atoms with Crippen molar-refractivity contribution in [2.45, 2.75) is 32.9 Å². The Labute approximate surface area is 144 Å². The number of phenolic OH excluding ortho intramolecular Hbond substituents is 1. The molecule has 0 aromatic heterocycles. The van der Waals surface area contributed by atoms with E-state index in [2.05, 4.69) is 29.3 Å². The number of thiocarbonyl (C=S) groups is 1. The highest BCUT2D eigenvalue weighted by Gasteiger charge is 2.10. The number of rotatable bonds is 7. The number of unbranched alkanes of at least 4 members (excludes halogenated alkanes) is 1. The summed E-state index contributed by atoms with van der Waals surface area (Å²) in [6.07, 6.45) is 2.23. The third-order valence-electron chi connectivity index (χ3n) is 3.67. The van der Waals surface area contributed by atoms with E-state index in [-0.39, 0.29) is 0 Å². The van der Waals surface area contributed by atoms with E-state index >= 15 is 0 Å². The first-order chi connectivity index (χ1) is 11.2. The summed E-state index contributed by atoms with van der Waals surface area (Å²) in [5.74, 6) is 0.290. The molecule has 0 bridgehead atoms. The smallest absolute Gasteiger partial charge is 0.169 e. The van der Waals surface area contributed by atoms with Crippen LogP contribution in [-0.4, -0.2) is 21.7 Å². The van der Waals surface area contributed by atoms with E-state index in [0.29, 0.717) is 5.75 Å². The van der Waals surface area contributed by atoms with Crippen molar-refractivity contribution >= 4 is 17.3 Å². The molecule has 0 unspecified atom stereocenters. The Kier molecular flexibility index (Phi) is 6.88. The van der Waals surface area contributed by atoms with E-state index in [4.69, 9.17) is 12.2 Å². The van der Waals surface area contributed by atoms with E-state index in [1.165, 1.54) is 5.56 Å². The molecule has 0 aliphatic rings. The second-order valence-corrected chi connectivity index (χ2v) is 5.97. The summed E-state index contributed by atoms with van der Waals surface area (Å²) >= 11 is 5.58. The van der Waals surface area contributed by atoms with E-state index in [0.717, 1.165) is 43.2 Å². The lowest BCUT2D eigenvalue weighted by atomic mass is 10.2.